The Morgan fingerprint density at radius 3 is 2.95 bits per heavy atom. The first-order chi connectivity index (χ1) is 9.91. The van der Waals surface area contributed by atoms with Gasteiger partial charge in [-0.05, 0) is 25.0 Å². The molecule has 3 rings (SSSR count). The lowest BCUT2D eigenvalue weighted by molar-refractivity contribution is -0.384. The zero-order chi connectivity index (χ0) is 15.2. The van der Waals surface area contributed by atoms with Crippen LogP contribution >= 0.6 is 11.6 Å². The van der Waals surface area contributed by atoms with Crippen LogP contribution < -0.4 is 5.32 Å². The van der Waals surface area contributed by atoms with Crippen LogP contribution in [0.5, 0.6) is 0 Å². The summed E-state index contributed by atoms with van der Waals surface area (Å²) in [6.45, 7) is 5.11. The normalized spacial score (nSPS) is 30.1. The number of anilines is 1. The van der Waals surface area contributed by atoms with Crippen LogP contribution in [0.3, 0.4) is 0 Å². The van der Waals surface area contributed by atoms with Crippen LogP contribution in [0.2, 0.25) is 5.02 Å². The van der Waals surface area contributed by atoms with E-state index < -0.39 is 0 Å². The Morgan fingerprint density at radius 2 is 2.24 bits per heavy atom. The summed E-state index contributed by atoms with van der Waals surface area (Å²) in [5, 5.41) is 15.0. The van der Waals surface area contributed by atoms with E-state index in [0.717, 1.165) is 19.4 Å². The van der Waals surface area contributed by atoms with Gasteiger partial charge in [-0.2, -0.15) is 0 Å². The Balaban J connectivity index is 1.86. The zero-order valence-electron chi connectivity index (χ0n) is 12.1. The number of fused-ring (bicyclic) bond motifs is 1. The van der Waals surface area contributed by atoms with Crippen molar-refractivity contribution in [1.29, 1.82) is 0 Å². The lowest BCUT2D eigenvalue weighted by Crippen LogP contribution is -2.67. The van der Waals surface area contributed by atoms with Gasteiger partial charge in [0.25, 0.3) is 5.69 Å². The van der Waals surface area contributed by atoms with Crippen molar-refractivity contribution in [1.82, 2.24) is 0 Å². The van der Waals surface area contributed by atoms with E-state index in [9.17, 15) is 10.1 Å². The van der Waals surface area contributed by atoms with Crippen molar-refractivity contribution in [3.05, 3.63) is 33.3 Å². The van der Waals surface area contributed by atoms with Crippen molar-refractivity contribution in [3.63, 3.8) is 0 Å². The number of nitrogens with one attached hydrogen (secondary N) is 1. The smallest absolute Gasteiger partial charge is 0.292 e. The molecule has 5 nitrogen and oxygen atoms in total. The summed E-state index contributed by atoms with van der Waals surface area (Å²) in [5.74, 6) is 0.410. The van der Waals surface area contributed by atoms with E-state index in [0.29, 0.717) is 16.6 Å². The molecule has 1 saturated carbocycles. The maximum absolute atomic E-state index is 11.2. The summed E-state index contributed by atoms with van der Waals surface area (Å²) in [6.07, 6.45) is 2.38. The highest BCUT2D eigenvalue weighted by Crippen LogP contribution is 2.53. The number of halogens is 1. The van der Waals surface area contributed by atoms with Gasteiger partial charge < -0.3 is 10.1 Å². The predicted octanol–water partition coefficient (Wildman–Crippen LogP) is 3.86. The second-order valence-electron chi connectivity index (χ2n) is 6.46. The van der Waals surface area contributed by atoms with Gasteiger partial charge in [0, 0.05) is 35.1 Å². The molecule has 0 amide bonds. The summed E-state index contributed by atoms with van der Waals surface area (Å²) in [7, 11) is 0. The lowest BCUT2D eigenvalue weighted by Gasteiger charge is -2.60. The Bertz CT molecular complexity index is 576. The molecule has 1 saturated heterocycles. The zero-order valence-corrected chi connectivity index (χ0v) is 12.9. The number of rotatable bonds is 3. The number of nitrogens with zero attached hydrogens (tertiary/aromatic N) is 1. The highest BCUT2D eigenvalue weighted by molar-refractivity contribution is 6.31. The minimum atomic E-state index is -0.376. The van der Waals surface area contributed by atoms with E-state index in [2.05, 4.69) is 19.2 Å². The molecular formula is C15H19ClN2O3. The summed E-state index contributed by atoms with van der Waals surface area (Å²) in [5.41, 5.74) is 0.520. The van der Waals surface area contributed by atoms with Gasteiger partial charge in [0.15, 0.2) is 0 Å². The first kappa shape index (κ1) is 14.6. The lowest BCUT2D eigenvalue weighted by atomic mass is 9.55. The van der Waals surface area contributed by atoms with Crippen LogP contribution in [0.1, 0.15) is 26.7 Å². The molecule has 2 aliphatic rings. The van der Waals surface area contributed by atoms with Crippen molar-refractivity contribution in [2.75, 3.05) is 11.9 Å². The molecule has 1 aromatic rings. The minimum absolute atomic E-state index is 0.0404. The van der Waals surface area contributed by atoms with Gasteiger partial charge in [-0.1, -0.05) is 25.4 Å². The molecule has 2 fully saturated rings. The fourth-order valence-corrected chi connectivity index (χ4v) is 3.94. The third kappa shape index (κ3) is 2.38. The van der Waals surface area contributed by atoms with E-state index in [1.807, 2.05) is 0 Å². The van der Waals surface area contributed by atoms with Crippen LogP contribution in [0.4, 0.5) is 11.4 Å². The molecule has 1 aliphatic heterocycles. The minimum Gasteiger partial charge on any atom is -0.377 e. The predicted molar refractivity (Wildman–Crippen MR) is 81.8 cm³/mol. The van der Waals surface area contributed by atoms with Crippen molar-refractivity contribution in [2.45, 2.75) is 38.8 Å². The molecule has 0 spiro atoms. The molecular weight excluding hydrogens is 292 g/mol. The molecule has 3 unspecified atom stereocenters. The van der Waals surface area contributed by atoms with Gasteiger partial charge in [-0.15, -0.1) is 0 Å². The third-order valence-corrected chi connectivity index (χ3v) is 5.03. The van der Waals surface area contributed by atoms with Crippen LogP contribution in [0.25, 0.3) is 0 Å². The van der Waals surface area contributed by atoms with Crippen LogP contribution in [0, 0.1) is 21.4 Å². The number of hydrogen-bond acceptors (Lipinski definition) is 4. The third-order valence-electron chi connectivity index (χ3n) is 4.80. The largest absolute Gasteiger partial charge is 0.377 e. The Labute approximate surface area is 128 Å². The second kappa shape index (κ2) is 5.14. The number of benzene rings is 1. The average Bonchev–Trinajstić information content (AvgIpc) is 2.44. The van der Waals surface area contributed by atoms with Crippen molar-refractivity contribution >= 4 is 23.0 Å². The first-order valence-corrected chi connectivity index (χ1v) is 7.61. The molecule has 0 bridgehead atoms. The number of hydrogen-bond donors (Lipinski definition) is 1. The van der Waals surface area contributed by atoms with Crippen LogP contribution in [-0.2, 0) is 4.74 Å². The van der Waals surface area contributed by atoms with Gasteiger partial charge >= 0.3 is 0 Å². The Kier molecular flexibility index (Phi) is 3.58. The van der Waals surface area contributed by atoms with Gasteiger partial charge in [-0.3, -0.25) is 10.1 Å². The molecule has 21 heavy (non-hydrogen) atoms. The van der Waals surface area contributed by atoms with E-state index in [4.69, 9.17) is 16.3 Å². The van der Waals surface area contributed by atoms with Crippen molar-refractivity contribution in [2.24, 2.45) is 11.3 Å². The Morgan fingerprint density at radius 1 is 1.48 bits per heavy atom. The molecule has 6 heteroatoms. The molecule has 114 valence electrons. The van der Waals surface area contributed by atoms with Crippen molar-refractivity contribution in [3.8, 4) is 0 Å². The molecule has 1 N–H and O–H groups in total. The molecule has 0 aromatic heterocycles. The SMILES string of the molecule is CC1(C)C(Nc2cc(Cl)ccc2[N+](=O)[O-])C2CCCOC21. The summed E-state index contributed by atoms with van der Waals surface area (Å²) in [6, 6.07) is 4.79. The summed E-state index contributed by atoms with van der Waals surface area (Å²) < 4.78 is 5.86. The second-order valence-corrected chi connectivity index (χ2v) is 6.90. The fraction of sp³-hybridized carbons (Fsp3) is 0.600. The topological polar surface area (TPSA) is 64.4 Å². The summed E-state index contributed by atoms with van der Waals surface area (Å²) >= 11 is 5.99. The molecule has 1 heterocycles. The molecule has 0 radical (unpaired) electrons. The quantitative estimate of drug-likeness (QED) is 0.680. The van der Waals surface area contributed by atoms with Crippen molar-refractivity contribution < 1.29 is 9.66 Å². The molecule has 1 aliphatic carbocycles. The van der Waals surface area contributed by atoms with Crippen LogP contribution in [0.15, 0.2) is 18.2 Å². The monoisotopic (exact) mass is 310 g/mol. The highest BCUT2D eigenvalue weighted by Gasteiger charge is 2.58. The number of nitro groups is 1. The van der Waals surface area contributed by atoms with E-state index >= 15 is 0 Å². The van der Waals surface area contributed by atoms with Gasteiger partial charge in [-0.25, -0.2) is 0 Å². The van der Waals surface area contributed by atoms with Gasteiger partial charge in [0.05, 0.1) is 11.0 Å². The van der Waals surface area contributed by atoms with Crippen LogP contribution in [-0.4, -0.2) is 23.7 Å². The number of nitro benzene ring substituents is 1. The van der Waals surface area contributed by atoms with E-state index in [1.165, 1.54) is 6.07 Å². The van der Waals surface area contributed by atoms with E-state index in [-0.39, 0.29) is 28.2 Å². The maximum atomic E-state index is 11.2. The first-order valence-electron chi connectivity index (χ1n) is 7.23. The molecule has 3 atom stereocenters. The summed E-state index contributed by atoms with van der Waals surface area (Å²) in [4.78, 5) is 10.8. The maximum Gasteiger partial charge on any atom is 0.292 e. The van der Waals surface area contributed by atoms with E-state index in [1.54, 1.807) is 12.1 Å². The van der Waals surface area contributed by atoms with Gasteiger partial charge in [0.2, 0.25) is 0 Å². The standard InChI is InChI=1S/C15H19ClN2O3/c1-15(2)13(10-4-3-7-21-14(10)15)17-11-8-9(16)5-6-12(11)18(19)20/h5-6,8,10,13-14,17H,3-4,7H2,1-2H3. The molecule has 1 aromatic carbocycles. The number of ether oxygens (including phenoxy) is 1. The fourth-order valence-electron chi connectivity index (χ4n) is 3.77. The Hall–Kier alpha value is -1.33. The average molecular weight is 311 g/mol. The highest BCUT2D eigenvalue weighted by atomic mass is 35.5. The van der Waals surface area contributed by atoms with Gasteiger partial charge in [0.1, 0.15) is 5.69 Å².